The van der Waals surface area contributed by atoms with Crippen molar-refractivity contribution in [3.8, 4) is 0 Å². The number of aliphatic carboxylic acids is 1. The van der Waals surface area contributed by atoms with Gasteiger partial charge in [0.05, 0.1) is 18.8 Å². The van der Waals surface area contributed by atoms with Gasteiger partial charge in [0, 0.05) is 29.8 Å². The second-order valence-corrected chi connectivity index (χ2v) is 7.18. The van der Waals surface area contributed by atoms with E-state index in [9.17, 15) is 24.0 Å². The fourth-order valence-electron chi connectivity index (χ4n) is 2.34. The normalized spacial score (nSPS) is 14.5. The van der Waals surface area contributed by atoms with E-state index >= 15 is 0 Å². The van der Waals surface area contributed by atoms with Crippen LogP contribution in [0.15, 0.2) is 12.5 Å². The smallest absolute Gasteiger partial charge is 0.327 e. The lowest BCUT2D eigenvalue weighted by Crippen LogP contribution is -2.58. The highest BCUT2D eigenvalue weighted by Crippen LogP contribution is 2.01. The number of nitrogens with two attached hydrogens (primary N) is 2. The lowest BCUT2D eigenvalue weighted by molar-refractivity contribution is -0.141. The molecule has 0 saturated heterocycles. The van der Waals surface area contributed by atoms with Gasteiger partial charge in [-0.3, -0.25) is 19.2 Å². The number of rotatable bonds is 13. The Morgan fingerprint density at radius 1 is 1.00 bits per heavy atom. The number of aromatic amines is 1. The Morgan fingerprint density at radius 2 is 1.55 bits per heavy atom. The number of H-pyrrole nitrogens is 1. The van der Waals surface area contributed by atoms with Gasteiger partial charge in [-0.25, -0.2) is 9.78 Å². The van der Waals surface area contributed by atoms with Gasteiger partial charge in [-0.15, -0.1) is 0 Å². The highest BCUT2D eigenvalue weighted by molar-refractivity contribution is 7.80. The van der Waals surface area contributed by atoms with Gasteiger partial charge in [-0.05, 0) is 0 Å². The number of carboxylic acid groups (broad SMARTS) is 1. The lowest BCUT2D eigenvalue weighted by Gasteiger charge is -2.23. The van der Waals surface area contributed by atoms with Crippen LogP contribution >= 0.6 is 25.3 Å². The largest absolute Gasteiger partial charge is 0.480 e. The first kappa shape index (κ1) is 26.3. The van der Waals surface area contributed by atoms with Crippen LogP contribution in [0.25, 0.3) is 0 Å². The number of carbonyl (C=O) groups excluding carboxylic acids is 4. The quantitative estimate of drug-likeness (QED) is 0.130. The molecule has 13 nitrogen and oxygen atoms in total. The third kappa shape index (κ3) is 8.85. The molecular formula is C16H25N7O6S2. The molecule has 9 N–H and O–H groups in total. The number of amides is 4. The molecule has 1 rings (SSSR count). The Hall–Kier alpha value is -2.78. The van der Waals surface area contributed by atoms with Crippen molar-refractivity contribution in [2.45, 2.75) is 37.0 Å². The summed E-state index contributed by atoms with van der Waals surface area (Å²) in [7, 11) is 0. The zero-order chi connectivity index (χ0) is 23.6. The Kier molecular flexibility index (Phi) is 10.8. The van der Waals surface area contributed by atoms with E-state index in [2.05, 4.69) is 51.2 Å². The first-order valence-electron chi connectivity index (χ1n) is 8.95. The summed E-state index contributed by atoms with van der Waals surface area (Å²) in [5.74, 6) is -5.01. The van der Waals surface area contributed by atoms with Crippen molar-refractivity contribution in [3.63, 3.8) is 0 Å². The van der Waals surface area contributed by atoms with Crippen LogP contribution in [0, 0.1) is 0 Å². The molecule has 0 aliphatic heterocycles. The van der Waals surface area contributed by atoms with Crippen LogP contribution in [0.3, 0.4) is 0 Å². The topological polar surface area (TPSA) is 222 Å². The van der Waals surface area contributed by atoms with Gasteiger partial charge in [0.25, 0.3) is 0 Å². The zero-order valence-corrected chi connectivity index (χ0v) is 18.1. The lowest BCUT2D eigenvalue weighted by atomic mass is 10.1. The van der Waals surface area contributed by atoms with Gasteiger partial charge >= 0.3 is 5.97 Å². The van der Waals surface area contributed by atoms with E-state index in [0.29, 0.717) is 5.69 Å². The number of nitrogens with zero attached hydrogens (tertiary/aromatic N) is 1. The molecule has 0 fully saturated rings. The summed E-state index contributed by atoms with van der Waals surface area (Å²) in [5.41, 5.74) is 11.6. The number of thiol groups is 2. The Bertz CT molecular complexity index is 791. The van der Waals surface area contributed by atoms with Gasteiger partial charge in [0.1, 0.15) is 18.1 Å². The van der Waals surface area contributed by atoms with Crippen LogP contribution in [-0.2, 0) is 30.4 Å². The number of hydrogen-bond acceptors (Lipinski definition) is 9. The molecule has 0 bridgehead atoms. The van der Waals surface area contributed by atoms with Gasteiger partial charge < -0.3 is 37.5 Å². The highest BCUT2D eigenvalue weighted by atomic mass is 32.1. The minimum absolute atomic E-state index is 0.0960. The van der Waals surface area contributed by atoms with E-state index in [1.807, 2.05) is 0 Å². The summed E-state index contributed by atoms with van der Waals surface area (Å²) in [6.45, 7) is 0. The summed E-state index contributed by atoms with van der Waals surface area (Å²) < 4.78 is 0. The van der Waals surface area contributed by atoms with Crippen LogP contribution < -0.4 is 27.4 Å². The maximum atomic E-state index is 12.6. The molecule has 1 aromatic rings. The molecule has 0 saturated carbocycles. The molecule has 0 spiro atoms. The number of carbonyl (C=O) groups is 5. The molecule has 1 heterocycles. The van der Waals surface area contributed by atoms with Crippen molar-refractivity contribution in [1.82, 2.24) is 25.9 Å². The van der Waals surface area contributed by atoms with Gasteiger partial charge in [-0.2, -0.15) is 25.3 Å². The highest BCUT2D eigenvalue weighted by Gasteiger charge is 2.30. The molecule has 1 aromatic heterocycles. The summed E-state index contributed by atoms with van der Waals surface area (Å²) in [5, 5.41) is 15.8. The molecule has 31 heavy (non-hydrogen) atoms. The second kappa shape index (κ2) is 12.8. The Morgan fingerprint density at radius 3 is 2.03 bits per heavy atom. The van der Waals surface area contributed by atoms with Crippen molar-refractivity contribution in [1.29, 1.82) is 0 Å². The number of nitrogens with one attached hydrogen (secondary N) is 4. The van der Waals surface area contributed by atoms with Crippen molar-refractivity contribution in [3.05, 3.63) is 18.2 Å². The van der Waals surface area contributed by atoms with Gasteiger partial charge in [-0.1, -0.05) is 0 Å². The number of imidazole rings is 1. The number of primary amides is 1. The van der Waals surface area contributed by atoms with Crippen molar-refractivity contribution in [2.75, 3.05) is 11.5 Å². The van der Waals surface area contributed by atoms with Crippen LogP contribution in [-0.4, -0.2) is 80.3 Å². The average molecular weight is 476 g/mol. The SMILES string of the molecule is NC(=O)CC(NC(=O)C(N)Cc1cnc[nH]1)C(=O)NC(CS)C(=O)NC(CS)C(=O)O. The summed E-state index contributed by atoms with van der Waals surface area (Å²) in [4.78, 5) is 66.2. The maximum Gasteiger partial charge on any atom is 0.327 e. The minimum atomic E-state index is -1.41. The van der Waals surface area contributed by atoms with Crippen LogP contribution in [0.2, 0.25) is 0 Å². The van der Waals surface area contributed by atoms with Crippen LogP contribution in [0.1, 0.15) is 12.1 Å². The van der Waals surface area contributed by atoms with E-state index in [1.165, 1.54) is 12.5 Å². The second-order valence-electron chi connectivity index (χ2n) is 6.44. The van der Waals surface area contributed by atoms with E-state index in [1.54, 1.807) is 0 Å². The maximum absolute atomic E-state index is 12.6. The third-order valence-electron chi connectivity index (χ3n) is 3.98. The molecule has 0 radical (unpaired) electrons. The molecule has 172 valence electrons. The van der Waals surface area contributed by atoms with E-state index in [4.69, 9.17) is 16.6 Å². The summed E-state index contributed by atoms with van der Waals surface area (Å²) in [6, 6.07) is -4.99. The fourth-order valence-corrected chi connectivity index (χ4v) is 2.84. The van der Waals surface area contributed by atoms with Crippen LogP contribution in [0.4, 0.5) is 0 Å². The molecule has 0 aliphatic carbocycles. The van der Waals surface area contributed by atoms with E-state index in [-0.39, 0.29) is 17.9 Å². The number of hydrogen-bond donors (Lipinski definition) is 9. The monoisotopic (exact) mass is 475 g/mol. The summed E-state index contributed by atoms with van der Waals surface area (Å²) >= 11 is 7.81. The number of carboxylic acids is 1. The standard InChI is InChI=1S/C16H25N7O6S2/c17-8(1-7-3-19-6-20-7)13(25)21-9(2-12(18)24)14(26)22-10(4-30)15(27)23-11(5-31)16(28)29/h3,6,8-11,30-31H,1-2,4-5,17H2,(H2,18,24)(H,19,20)(H,21,25)(H,22,26)(H,23,27)(H,28,29). The average Bonchev–Trinajstić information content (AvgIpc) is 3.21. The predicted octanol–water partition coefficient (Wildman–Crippen LogP) is -3.45. The van der Waals surface area contributed by atoms with E-state index < -0.39 is 60.2 Å². The number of aromatic nitrogens is 2. The molecule has 4 atom stereocenters. The van der Waals surface area contributed by atoms with Gasteiger partial charge in [0.15, 0.2) is 0 Å². The summed E-state index contributed by atoms with van der Waals surface area (Å²) in [6.07, 6.45) is 2.43. The molecule has 0 aromatic carbocycles. The first-order valence-corrected chi connectivity index (χ1v) is 10.2. The first-order chi connectivity index (χ1) is 14.6. The Balaban J connectivity index is 2.80. The minimum Gasteiger partial charge on any atom is -0.480 e. The molecule has 4 amide bonds. The Labute approximate surface area is 188 Å². The fraction of sp³-hybridized carbons (Fsp3) is 0.500. The van der Waals surface area contributed by atoms with Gasteiger partial charge in [0.2, 0.25) is 23.6 Å². The molecular weight excluding hydrogens is 450 g/mol. The predicted molar refractivity (Wildman–Crippen MR) is 115 cm³/mol. The molecule has 15 heteroatoms. The molecule has 0 aliphatic rings. The van der Waals surface area contributed by atoms with Crippen molar-refractivity contribution >= 4 is 54.9 Å². The van der Waals surface area contributed by atoms with Crippen molar-refractivity contribution in [2.24, 2.45) is 11.5 Å². The van der Waals surface area contributed by atoms with E-state index in [0.717, 1.165) is 0 Å². The zero-order valence-electron chi connectivity index (χ0n) is 16.3. The van der Waals surface area contributed by atoms with Crippen LogP contribution in [0.5, 0.6) is 0 Å². The third-order valence-corrected chi connectivity index (χ3v) is 4.71. The molecule has 4 unspecified atom stereocenters. The van der Waals surface area contributed by atoms with Crippen molar-refractivity contribution < 1.29 is 29.1 Å².